The molecule has 0 radical (unpaired) electrons. The summed E-state index contributed by atoms with van der Waals surface area (Å²) in [4.78, 5) is 12.0. The van der Waals surface area contributed by atoms with E-state index in [1.54, 1.807) is 6.21 Å². The number of urea groups is 1. The van der Waals surface area contributed by atoms with Crippen LogP contribution in [0.2, 0.25) is 0 Å². The number of amides is 2. The quantitative estimate of drug-likeness (QED) is 0.544. The van der Waals surface area contributed by atoms with E-state index in [2.05, 4.69) is 15.8 Å². The lowest BCUT2D eigenvalue weighted by Gasteiger charge is -2.08. The van der Waals surface area contributed by atoms with E-state index >= 15 is 0 Å². The number of nitrogens with zero attached hydrogens (tertiary/aromatic N) is 2. The lowest BCUT2D eigenvalue weighted by atomic mass is 10.1. The summed E-state index contributed by atoms with van der Waals surface area (Å²) in [6, 6.07) is 19.3. The second-order valence-electron chi connectivity index (χ2n) is 5.78. The van der Waals surface area contributed by atoms with Crippen molar-refractivity contribution in [1.82, 2.24) is 9.99 Å². The maximum absolute atomic E-state index is 12.0. The Labute approximate surface area is 147 Å². The van der Waals surface area contributed by atoms with Gasteiger partial charge in [0, 0.05) is 17.6 Å². The molecule has 0 spiro atoms. The maximum atomic E-state index is 12.0. The van der Waals surface area contributed by atoms with Crippen LogP contribution in [0.5, 0.6) is 0 Å². The molecule has 0 aliphatic heterocycles. The standard InChI is InChI=1S/C20H20N4O/c1-15-10-11-19(16(2)13-15)22-20(25)23-21-14-18-9-6-12-24(18)17-7-4-3-5-8-17/h3-14H,1-2H3,(H2,22,23,25)/b21-14+. The highest BCUT2D eigenvalue weighted by atomic mass is 16.2. The van der Waals surface area contributed by atoms with E-state index in [1.807, 2.05) is 85.3 Å². The van der Waals surface area contributed by atoms with Gasteiger partial charge in [-0.05, 0) is 49.7 Å². The Morgan fingerprint density at radius 2 is 1.84 bits per heavy atom. The van der Waals surface area contributed by atoms with Gasteiger partial charge in [0.2, 0.25) is 0 Å². The molecule has 0 unspecified atom stereocenters. The van der Waals surface area contributed by atoms with Crippen molar-refractivity contribution in [2.75, 3.05) is 5.32 Å². The van der Waals surface area contributed by atoms with E-state index in [0.29, 0.717) is 0 Å². The molecule has 0 saturated carbocycles. The van der Waals surface area contributed by atoms with Crippen molar-refractivity contribution in [1.29, 1.82) is 0 Å². The molecule has 0 fully saturated rings. The molecule has 2 N–H and O–H groups in total. The van der Waals surface area contributed by atoms with Crippen molar-refractivity contribution in [3.05, 3.63) is 83.7 Å². The first kappa shape index (κ1) is 16.5. The third-order valence-corrected chi connectivity index (χ3v) is 3.81. The first-order valence-corrected chi connectivity index (χ1v) is 8.03. The third-order valence-electron chi connectivity index (χ3n) is 3.81. The highest BCUT2D eigenvalue weighted by Crippen LogP contribution is 2.15. The van der Waals surface area contributed by atoms with Gasteiger partial charge in [-0.15, -0.1) is 0 Å². The minimum atomic E-state index is -0.374. The van der Waals surface area contributed by atoms with Gasteiger partial charge in [-0.25, -0.2) is 10.2 Å². The van der Waals surface area contributed by atoms with E-state index in [9.17, 15) is 4.79 Å². The summed E-state index contributed by atoms with van der Waals surface area (Å²) < 4.78 is 1.99. The maximum Gasteiger partial charge on any atom is 0.339 e. The fourth-order valence-corrected chi connectivity index (χ4v) is 2.58. The first-order valence-electron chi connectivity index (χ1n) is 8.03. The Bertz CT molecular complexity index is 897. The molecule has 2 aromatic carbocycles. The zero-order chi connectivity index (χ0) is 17.6. The number of hydrazone groups is 1. The Hall–Kier alpha value is -3.34. The molecule has 0 atom stereocenters. The van der Waals surface area contributed by atoms with Crippen LogP contribution in [-0.4, -0.2) is 16.8 Å². The van der Waals surface area contributed by atoms with Gasteiger partial charge in [-0.1, -0.05) is 35.9 Å². The molecule has 25 heavy (non-hydrogen) atoms. The Morgan fingerprint density at radius 1 is 1.04 bits per heavy atom. The molecular weight excluding hydrogens is 312 g/mol. The molecule has 3 rings (SSSR count). The predicted octanol–water partition coefficient (Wildman–Crippen LogP) is 4.25. The molecular formula is C20H20N4O. The normalized spacial score (nSPS) is 10.8. The molecule has 0 aliphatic rings. The number of benzene rings is 2. The molecule has 1 aromatic heterocycles. The van der Waals surface area contributed by atoms with E-state index < -0.39 is 0 Å². The fraction of sp³-hybridized carbons (Fsp3) is 0.100. The van der Waals surface area contributed by atoms with Gasteiger partial charge >= 0.3 is 6.03 Å². The van der Waals surface area contributed by atoms with Crippen LogP contribution in [0.1, 0.15) is 16.8 Å². The summed E-state index contributed by atoms with van der Waals surface area (Å²) >= 11 is 0. The summed E-state index contributed by atoms with van der Waals surface area (Å²) in [6.07, 6.45) is 3.57. The van der Waals surface area contributed by atoms with Gasteiger partial charge in [0.1, 0.15) is 0 Å². The number of hydrogen-bond acceptors (Lipinski definition) is 2. The summed E-state index contributed by atoms with van der Waals surface area (Å²) in [7, 11) is 0. The summed E-state index contributed by atoms with van der Waals surface area (Å²) in [5.41, 5.74) is 7.34. The number of carbonyl (C=O) groups excluding carboxylic acids is 1. The highest BCUT2D eigenvalue weighted by Gasteiger charge is 2.04. The number of aromatic nitrogens is 1. The molecule has 2 amide bonds. The van der Waals surface area contributed by atoms with E-state index in [-0.39, 0.29) is 6.03 Å². The van der Waals surface area contributed by atoms with Gasteiger partial charge in [0.25, 0.3) is 0 Å². The number of para-hydroxylation sites is 1. The molecule has 0 saturated heterocycles. The van der Waals surface area contributed by atoms with Crippen molar-refractivity contribution in [3.8, 4) is 5.69 Å². The average molecular weight is 332 g/mol. The van der Waals surface area contributed by atoms with Crippen molar-refractivity contribution >= 4 is 17.9 Å². The van der Waals surface area contributed by atoms with Crippen LogP contribution < -0.4 is 10.7 Å². The largest absolute Gasteiger partial charge is 0.339 e. The van der Waals surface area contributed by atoms with Crippen molar-refractivity contribution in [2.45, 2.75) is 13.8 Å². The number of rotatable bonds is 4. The molecule has 5 nitrogen and oxygen atoms in total. The van der Waals surface area contributed by atoms with Crippen LogP contribution >= 0.6 is 0 Å². The number of carbonyl (C=O) groups is 1. The molecule has 0 aliphatic carbocycles. The van der Waals surface area contributed by atoms with Crippen LogP contribution in [0.3, 0.4) is 0 Å². The number of anilines is 1. The summed E-state index contributed by atoms with van der Waals surface area (Å²) in [5, 5.41) is 6.83. The molecule has 5 heteroatoms. The number of aryl methyl sites for hydroxylation is 2. The van der Waals surface area contributed by atoms with Crippen molar-refractivity contribution in [3.63, 3.8) is 0 Å². The zero-order valence-corrected chi connectivity index (χ0v) is 14.2. The van der Waals surface area contributed by atoms with E-state index in [0.717, 1.165) is 28.2 Å². The summed E-state index contributed by atoms with van der Waals surface area (Å²) in [5.74, 6) is 0. The Kier molecular flexibility index (Phi) is 4.95. The van der Waals surface area contributed by atoms with Gasteiger partial charge in [-0.2, -0.15) is 5.10 Å². The molecule has 3 aromatic rings. The molecule has 0 bridgehead atoms. The van der Waals surface area contributed by atoms with Crippen LogP contribution in [0.25, 0.3) is 5.69 Å². The second kappa shape index (κ2) is 7.49. The Morgan fingerprint density at radius 3 is 2.60 bits per heavy atom. The van der Waals surface area contributed by atoms with Gasteiger partial charge < -0.3 is 9.88 Å². The van der Waals surface area contributed by atoms with Gasteiger partial charge in [0.15, 0.2) is 0 Å². The predicted molar refractivity (Wildman–Crippen MR) is 101 cm³/mol. The smallest absolute Gasteiger partial charge is 0.316 e. The lowest BCUT2D eigenvalue weighted by Crippen LogP contribution is -2.24. The average Bonchev–Trinajstić information content (AvgIpc) is 3.07. The monoisotopic (exact) mass is 332 g/mol. The SMILES string of the molecule is Cc1ccc(NC(=O)N/N=C/c2cccn2-c2ccccc2)c(C)c1. The number of hydrogen-bond donors (Lipinski definition) is 2. The number of nitrogens with one attached hydrogen (secondary N) is 2. The van der Waals surface area contributed by atoms with Crippen molar-refractivity contribution < 1.29 is 4.79 Å². The van der Waals surface area contributed by atoms with Crippen molar-refractivity contribution in [2.24, 2.45) is 5.10 Å². The van der Waals surface area contributed by atoms with E-state index in [1.165, 1.54) is 0 Å². The minimum absolute atomic E-state index is 0.374. The van der Waals surface area contributed by atoms with Crippen LogP contribution in [0.15, 0.2) is 72.0 Å². The molecule has 126 valence electrons. The molecule has 1 heterocycles. The van der Waals surface area contributed by atoms with E-state index in [4.69, 9.17) is 0 Å². The first-order chi connectivity index (χ1) is 12.1. The van der Waals surface area contributed by atoms with Crippen LogP contribution in [0.4, 0.5) is 10.5 Å². The second-order valence-corrected chi connectivity index (χ2v) is 5.78. The third kappa shape index (κ3) is 4.14. The Balaban J connectivity index is 1.64. The van der Waals surface area contributed by atoms with Crippen LogP contribution in [0, 0.1) is 13.8 Å². The summed E-state index contributed by atoms with van der Waals surface area (Å²) in [6.45, 7) is 3.97. The fourth-order valence-electron chi connectivity index (χ4n) is 2.58. The zero-order valence-electron chi connectivity index (χ0n) is 14.2. The topological polar surface area (TPSA) is 58.4 Å². The van der Waals surface area contributed by atoms with Gasteiger partial charge in [0.05, 0.1) is 11.9 Å². The minimum Gasteiger partial charge on any atom is -0.316 e. The lowest BCUT2D eigenvalue weighted by molar-refractivity contribution is 0.252. The van der Waals surface area contributed by atoms with Gasteiger partial charge in [-0.3, -0.25) is 0 Å². The van der Waals surface area contributed by atoms with Crippen LogP contribution in [-0.2, 0) is 0 Å². The highest BCUT2D eigenvalue weighted by molar-refractivity contribution is 5.91.